The predicted octanol–water partition coefficient (Wildman–Crippen LogP) is 6.45. The number of carbonyl (C=O) groups excluding carboxylic acids is 1. The number of fused-ring (bicyclic) bond motifs is 1. The smallest absolute Gasteiger partial charge is 0.163 e. The number of hydrogen-bond acceptors (Lipinski definition) is 5. The second-order valence-electron chi connectivity index (χ2n) is 8.33. The van der Waals surface area contributed by atoms with Crippen molar-refractivity contribution in [3.8, 4) is 11.5 Å². The first-order chi connectivity index (χ1) is 16.1. The number of para-hydroxylation sites is 2. The summed E-state index contributed by atoms with van der Waals surface area (Å²) in [6, 6.07) is 21.6. The molecule has 0 saturated carbocycles. The van der Waals surface area contributed by atoms with E-state index in [0.29, 0.717) is 6.42 Å². The number of ketones is 1. The van der Waals surface area contributed by atoms with Crippen molar-refractivity contribution in [1.29, 1.82) is 0 Å². The van der Waals surface area contributed by atoms with Gasteiger partial charge in [-0.3, -0.25) is 4.79 Å². The molecule has 2 unspecified atom stereocenters. The molecule has 0 aromatic heterocycles. The molecule has 6 heteroatoms. The highest BCUT2D eigenvalue weighted by Crippen LogP contribution is 2.46. The molecule has 33 heavy (non-hydrogen) atoms. The van der Waals surface area contributed by atoms with Crippen molar-refractivity contribution in [2.24, 2.45) is 0 Å². The summed E-state index contributed by atoms with van der Waals surface area (Å²) < 4.78 is 12.0. The van der Waals surface area contributed by atoms with Gasteiger partial charge in [0.2, 0.25) is 0 Å². The van der Waals surface area contributed by atoms with Gasteiger partial charge < -0.3 is 20.1 Å². The Morgan fingerprint density at radius 1 is 0.909 bits per heavy atom. The monoisotopic (exact) mass is 504 g/mol. The number of rotatable bonds is 4. The third kappa shape index (κ3) is 4.11. The maximum atomic E-state index is 13.7. The van der Waals surface area contributed by atoms with Gasteiger partial charge in [-0.05, 0) is 60.4 Å². The van der Waals surface area contributed by atoms with Gasteiger partial charge in [0.1, 0.15) is 11.5 Å². The molecule has 0 spiro atoms. The van der Waals surface area contributed by atoms with Gasteiger partial charge in [0.15, 0.2) is 5.78 Å². The standard InChI is InChI=1S/C27H25BrN2O3/c1-32-19-7-5-6-16(12-19)17-13-23-26(24(31)14-17)27(20-15-18(28)10-11-25(20)33-2)30-22-9-4-3-8-21(22)29-23/h3-12,15,17,27,29-30H,13-14H2,1-2H3. The molecule has 0 fully saturated rings. The van der Waals surface area contributed by atoms with Gasteiger partial charge in [-0.1, -0.05) is 40.2 Å². The van der Waals surface area contributed by atoms with Gasteiger partial charge >= 0.3 is 0 Å². The van der Waals surface area contributed by atoms with Crippen LogP contribution in [0.15, 0.2) is 82.5 Å². The van der Waals surface area contributed by atoms with Crippen LogP contribution in [-0.2, 0) is 4.79 Å². The molecule has 3 aromatic carbocycles. The Labute approximate surface area is 201 Å². The van der Waals surface area contributed by atoms with E-state index in [1.165, 1.54) is 0 Å². The quantitative estimate of drug-likeness (QED) is 0.427. The van der Waals surface area contributed by atoms with E-state index in [2.05, 4.69) is 32.6 Å². The van der Waals surface area contributed by atoms with Crippen LogP contribution in [0.5, 0.6) is 11.5 Å². The van der Waals surface area contributed by atoms with Crippen LogP contribution in [0.4, 0.5) is 11.4 Å². The Morgan fingerprint density at radius 2 is 1.73 bits per heavy atom. The van der Waals surface area contributed by atoms with Crippen molar-refractivity contribution < 1.29 is 14.3 Å². The number of allylic oxidation sites excluding steroid dienone is 1. The maximum absolute atomic E-state index is 13.7. The van der Waals surface area contributed by atoms with Crippen molar-refractivity contribution in [3.63, 3.8) is 0 Å². The summed E-state index contributed by atoms with van der Waals surface area (Å²) >= 11 is 3.59. The molecule has 2 aliphatic rings. The van der Waals surface area contributed by atoms with Crippen LogP contribution in [0, 0.1) is 0 Å². The first-order valence-electron chi connectivity index (χ1n) is 10.9. The number of nitrogens with one attached hydrogen (secondary N) is 2. The van der Waals surface area contributed by atoms with E-state index >= 15 is 0 Å². The molecule has 2 atom stereocenters. The fourth-order valence-electron chi connectivity index (χ4n) is 4.79. The summed E-state index contributed by atoms with van der Waals surface area (Å²) in [4.78, 5) is 13.7. The minimum Gasteiger partial charge on any atom is -0.497 e. The summed E-state index contributed by atoms with van der Waals surface area (Å²) in [5.74, 6) is 1.75. The molecule has 168 valence electrons. The Bertz CT molecular complexity index is 1250. The Hall–Kier alpha value is -3.25. The molecule has 1 aliphatic carbocycles. The van der Waals surface area contributed by atoms with Crippen LogP contribution in [0.25, 0.3) is 0 Å². The summed E-state index contributed by atoms with van der Waals surface area (Å²) in [6.45, 7) is 0. The number of carbonyl (C=O) groups is 1. The SMILES string of the molecule is COc1cccc(C2CC(=O)C3=C(C2)Nc2ccccc2NC3c2cc(Br)ccc2OC)c1. The lowest BCUT2D eigenvalue weighted by Crippen LogP contribution is -2.27. The topological polar surface area (TPSA) is 59.6 Å². The molecule has 0 bridgehead atoms. The predicted molar refractivity (Wildman–Crippen MR) is 134 cm³/mol. The fourth-order valence-corrected chi connectivity index (χ4v) is 5.17. The van der Waals surface area contributed by atoms with Crippen LogP contribution in [-0.4, -0.2) is 20.0 Å². The van der Waals surface area contributed by atoms with Crippen LogP contribution in [0.2, 0.25) is 0 Å². The molecule has 1 aliphatic heterocycles. The summed E-state index contributed by atoms with van der Waals surface area (Å²) in [5, 5.41) is 7.20. The number of methoxy groups -OCH3 is 2. The van der Waals surface area contributed by atoms with Gasteiger partial charge in [-0.2, -0.15) is 0 Å². The van der Waals surface area contributed by atoms with Crippen LogP contribution in [0.1, 0.15) is 35.9 Å². The first-order valence-corrected chi connectivity index (χ1v) is 11.7. The zero-order chi connectivity index (χ0) is 22.9. The molecule has 3 aromatic rings. The van der Waals surface area contributed by atoms with Crippen molar-refractivity contribution in [2.45, 2.75) is 24.8 Å². The van der Waals surface area contributed by atoms with Crippen molar-refractivity contribution in [2.75, 3.05) is 24.9 Å². The van der Waals surface area contributed by atoms with E-state index in [-0.39, 0.29) is 17.7 Å². The van der Waals surface area contributed by atoms with Gasteiger partial charge in [-0.25, -0.2) is 0 Å². The molecular weight excluding hydrogens is 480 g/mol. The second kappa shape index (κ2) is 8.94. The number of halogens is 1. The van der Waals surface area contributed by atoms with Crippen molar-refractivity contribution in [3.05, 3.63) is 93.6 Å². The van der Waals surface area contributed by atoms with E-state index in [4.69, 9.17) is 9.47 Å². The highest BCUT2D eigenvalue weighted by Gasteiger charge is 2.37. The third-order valence-corrected chi connectivity index (χ3v) is 6.87. The number of hydrogen-bond donors (Lipinski definition) is 2. The van der Waals surface area contributed by atoms with E-state index in [1.807, 2.05) is 60.7 Å². The highest BCUT2D eigenvalue weighted by atomic mass is 79.9. The van der Waals surface area contributed by atoms with E-state index < -0.39 is 0 Å². The number of ether oxygens (including phenoxy) is 2. The van der Waals surface area contributed by atoms with E-state index in [1.54, 1.807) is 14.2 Å². The second-order valence-corrected chi connectivity index (χ2v) is 9.25. The lowest BCUT2D eigenvalue weighted by molar-refractivity contribution is -0.116. The minimum absolute atomic E-state index is 0.0779. The number of anilines is 2. The van der Waals surface area contributed by atoms with Crippen LogP contribution < -0.4 is 20.1 Å². The van der Waals surface area contributed by atoms with Crippen molar-refractivity contribution in [1.82, 2.24) is 0 Å². The summed E-state index contributed by atoms with van der Waals surface area (Å²) in [6.07, 6.45) is 1.18. The normalized spacial score (nSPS) is 19.5. The average molecular weight is 505 g/mol. The van der Waals surface area contributed by atoms with Gasteiger partial charge in [0.25, 0.3) is 0 Å². The van der Waals surface area contributed by atoms with Gasteiger partial charge in [0.05, 0.1) is 31.6 Å². The third-order valence-electron chi connectivity index (χ3n) is 6.38. The average Bonchev–Trinajstić information content (AvgIpc) is 3.01. The fraction of sp³-hybridized carbons (Fsp3) is 0.222. The Morgan fingerprint density at radius 3 is 2.52 bits per heavy atom. The van der Waals surface area contributed by atoms with Crippen LogP contribution >= 0.6 is 15.9 Å². The van der Waals surface area contributed by atoms with Gasteiger partial charge in [0, 0.05) is 27.7 Å². The number of benzene rings is 3. The number of Topliss-reactive ketones (excluding diaryl/α,β-unsaturated/α-hetero) is 1. The lowest BCUT2D eigenvalue weighted by atomic mass is 9.78. The van der Waals surface area contributed by atoms with Gasteiger partial charge in [-0.15, -0.1) is 0 Å². The maximum Gasteiger partial charge on any atom is 0.163 e. The molecule has 5 nitrogen and oxygen atoms in total. The Kier molecular flexibility index (Phi) is 5.85. The molecule has 0 radical (unpaired) electrons. The largest absolute Gasteiger partial charge is 0.497 e. The van der Waals surface area contributed by atoms with E-state index in [9.17, 15) is 4.79 Å². The first kappa shape index (κ1) is 21.6. The Balaban J connectivity index is 1.63. The molecule has 0 amide bonds. The molecule has 1 heterocycles. The summed E-state index contributed by atoms with van der Waals surface area (Å²) in [5.41, 5.74) is 5.65. The van der Waals surface area contributed by atoms with Crippen molar-refractivity contribution >= 4 is 33.1 Å². The molecular formula is C27H25BrN2O3. The molecule has 0 saturated heterocycles. The molecule has 2 N–H and O–H groups in total. The zero-order valence-electron chi connectivity index (χ0n) is 18.5. The lowest BCUT2D eigenvalue weighted by Gasteiger charge is -2.30. The van der Waals surface area contributed by atoms with Crippen LogP contribution in [0.3, 0.4) is 0 Å². The summed E-state index contributed by atoms with van der Waals surface area (Å²) in [7, 11) is 3.32. The minimum atomic E-state index is -0.331. The molecule has 5 rings (SSSR count). The van der Waals surface area contributed by atoms with E-state index in [0.717, 1.165) is 56.2 Å². The zero-order valence-corrected chi connectivity index (χ0v) is 20.1. The highest BCUT2D eigenvalue weighted by molar-refractivity contribution is 9.10.